The van der Waals surface area contributed by atoms with Crippen LogP contribution in [0.1, 0.15) is 35.2 Å². The molecule has 0 saturated heterocycles. The minimum Gasteiger partial charge on any atom is -0.334 e. The minimum atomic E-state index is -0.0186. The number of fused-ring (bicyclic) bond motifs is 1. The number of aromatic nitrogens is 2. The summed E-state index contributed by atoms with van der Waals surface area (Å²) in [6.07, 6.45) is 8.89. The van der Waals surface area contributed by atoms with Gasteiger partial charge in [0.15, 0.2) is 0 Å². The Morgan fingerprint density at radius 3 is 2.79 bits per heavy atom. The van der Waals surface area contributed by atoms with Gasteiger partial charge in [-0.1, -0.05) is 24.8 Å². The number of hydrogen-bond donors (Lipinski definition) is 0. The van der Waals surface area contributed by atoms with E-state index < -0.39 is 0 Å². The zero-order chi connectivity index (χ0) is 16.9. The van der Waals surface area contributed by atoms with Gasteiger partial charge >= 0.3 is 0 Å². The van der Waals surface area contributed by atoms with E-state index in [4.69, 9.17) is 0 Å². The maximum absolute atomic E-state index is 12.2. The Morgan fingerprint density at radius 1 is 1.29 bits per heavy atom. The predicted octanol–water partition coefficient (Wildman–Crippen LogP) is 3.06. The van der Waals surface area contributed by atoms with E-state index in [2.05, 4.69) is 29.9 Å². The Morgan fingerprint density at radius 2 is 2.08 bits per heavy atom. The van der Waals surface area contributed by atoms with Crippen LogP contribution in [0.25, 0.3) is 0 Å². The van der Waals surface area contributed by atoms with Crippen molar-refractivity contribution in [2.45, 2.75) is 38.6 Å². The topological polar surface area (TPSA) is 38.1 Å². The average molecular weight is 323 g/mol. The summed E-state index contributed by atoms with van der Waals surface area (Å²) in [4.78, 5) is 14.1. The number of carbonyl (C=O) groups excluding carboxylic acids is 1. The van der Waals surface area contributed by atoms with Crippen molar-refractivity contribution in [2.24, 2.45) is 7.05 Å². The van der Waals surface area contributed by atoms with Crippen molar-refractivity contribution in [2.75, 3.05) is 6.54 Å². The molecule has 126 valence electrons. The van der Waals surface area contributed by atoms with E-state index >= 15 is 0 Å². The highest BCUT2D eigenvalue weighted by atomic mass is 16.2. The highest BCUT2D eigenvalue weighted by Crippen LogP contribution is 2.23. The molecule has 2 aromatic rings. The van der Waals surface area contributed by atoms with Gasteiger partial charge in [-0.3, -0.25) is 9.48 Å². The van der Waals surface area contributed by atoms with Gasteiger partial charge < -0.3 is 4.90 Å². The standard InChI is InChI=1S/C20H25N3O/c1-3-20(24)23(13-11-19-10-12-21-22(19)2)15-16-8-9-17-6-4-5-7-18(17)14-16/h3,8-10,12,14H,1,4-7,11,13,15H2,2H3. The number of rotatable bonds is 6. The lowest BCUT2D eigenvalue weighted by Gasteiger charge is -2.23. The molecule has 1 aromatic heterocycles. The third kappa shape index (κ3) is 3.75. The van der Waals surface area contributed by atoms with Crippen LogP contribution >= 0.6 is 0 Å². The number of carbonyl (C=O) groups is 1. The van der Waals surface area contributed by atoms with Crippen molar-refractivity contribution in [1.29, 1.82) is 0 Å². The summed E-state index contributed by atoms with van der Waals surface area (Å²) in [5.41, 5.74) is 5.26. The summed E-state index contributed by atoms with van der Waals surface area (Å²) in [6, 6.07) is 8.68. The Hall–Kier alpha value is -2.36. The molecule has 0 bridgehead atoms. The summed E-state index contributed by atoms with van der Waals surface area (Å²) in [6.45, 7) is 4.95. The molecular weight excluding hydrogens is 298 g/mol. The second kappa shape index (κ2) is 7.47. The molecule has 0 radical (unpaired) electrons. The number of aryl methyl sites for hydroxylation is 3. The fourth-order valence-corrected chi connectivity index (χ4v) is 3.40. The van der Waals surface area contributed by atoms with E-state index in [0.29, 0.717) is 13.1 Å². The molecule has 4 heteroatoms. The van der Waals surface area contributed by atoms with Crippen LogP contribution in [-0.4, -0.2) is 27.1 Å². The van der Waals surface area contributed by atoms with Crippen LogP contribution in [0.4, 0.5) is 0 Å². The molecule has 1 aliphatic carbocycles. The monoisotopic (exact) mass is 323 g/mol. The van der Waals surface area contributed by atoms with Gasteiger partial charge in [0.25, 0.3) is 0 Å². The van der Waals surface area contributed by atoms with E-state index in [1.165, 1.54) is 42.0 Å². The molecule has 3 rings (SSSR count). The molecule has 0 saturated carbocycles. The number of amides is 1. The Labute approximate surface area is 143 Å². The van der Waals surface area contributed by atoms with Crippen molar-refractivity contribution >= 4 is 5.91 Å². The quantitative estimate of drug-likeness (QED) is 0.766. The first-order chi connectivity index (χ1) is 11.7. The maximum atomic E-state index is 12.2. The smallest absolute Gasteiger partial charge is 0.246 e. The van der Waals surface area contributed by atoms with Gasteiger partial charge in [-0.05, 0) is 54.5 Å². The number of nitrogens with zero attached hydrogens (tertiary/aromatic N) is 3. The summed E-state index contributed by atoms with van der Waals surface area (Å²) in [5.74, 6) is -0.0186. The molecule has 0 atom stereocenters. The van der Waals surface area contributed by atoms with Crippen LogP contribution in [0, 0.1) is 0 Å². The summed E-state index contributed by atoms with van der Waals surface area (Å²) >= 11 is 0. The Balaban J connectivity index is 1.71. The predicted molar refractivity (Wildman–Crippen MR) is 95.6 cm³/mol. The van der Waals surface area contributed by atoms with Gasteiger partial charge in [0.1, 0.15) is 0 Å². The SMILES string of the molecule is C=CC(=O)N(CCc1ccnn1C)Cc1ccc2c(c1)CCCC2. The molecule has 1 heterocycles. The molecule has 24 heavy (non-hydrogen) atoms. The van der Waals surface area contributed by atoms with Crippen molar-refractivity contribution in [3.8, 4) is 0 Å². The molecule has 1 aliphatic rings. The highest BCUT2D eigenvalue weighted by Gasteiger charge is 2.14. The van der Waals surface area contributed by atoms with Crippen LogP contribution in [-0.2, 0) is 37.6 Å². The molecule has 1 amide bonds. The molecule has 0 fully saturated rings. The molecule has 0 N–H and O–H groups in total. The van der Waals surface area contributed by atoms with E-state index in [1.54, 1.807) is 6.20 Å². The molecule has 0 unspecified atom stereocenters. The largest absolute Gasteiger partial charge is 0.334 e. The third-order valence-electron chi connectivity index (χ3n) is 4.83. The maximum Gasteiger partial charge on any atom is 0.246 e. The molecule has 4 nitrogen and oxygen atoms in total. The van der Waals surface area contributed by atoms with Crippen molar-refractivity contribution in [3.63, 3.8) is 0 Å². The van der Waals surface area contributed by atoms with Crippen LogP contribution in [0.5, 0.6) is 0 Å². The fraction of sp³-hybridized carbons (Fsp3) is 0.400. The lowest BCUT2D eigenvalue weighted by atomic mass is 9.90. The lowest BCUT2D eigenvalue weighted by molar-refractivity contribution is -0.126. The van der Waals surface area contributed by atoms with Crippen molar-refractivity contribution in [3.05, 3.63) is 65.5 Å². The lowest BCUT2D eigenvalue weighted by Crippen LogP contribution is -2.31. The summed E-state index contributed by atoms with van der Waals surface area (Å²) in [5, 5.41) is 4.18. The van der Waals surface area contributed by atoms with Gasteiger partial charge in [0, 0.05) is 38.4 Å². The van der Waals surface area contributed by atoms with E-state index in [9.17, 15) is 4.79 Å². The number of hydrogen-bond acceptors (Lipinski definition) is 2. The van der Waals surface area contributed by atoms with Crippen LogP contribution in [0.2, 0.25) is 0 Å². The fourth-order valence-electron chi connectivity index (χ4n) is 3.40. The van der Waals surface area contributed by atoms with Gasteiger partial charge in [-0.25, -0.2) is 0 Å². The second-order valence-corrected chi connectivity index (χ2v) is 6.47. The average Bonchev–Trinajstić information content (AvgIpc) is 3.02. The Kier molecular flexibility index (Phi) is 5.14. The van der Waals surface area contributed by atoms with Gasteiger partial charge in [0.2, 0.25) is 5.91 Å². The van der Waals surface area contributed by atoms with Crippen molar-refractivity contribution < 1.29 is 4.79 Å². The molecule has 0 spiro atoms. The zero-order valence-electron chi connectivity index (χ0n) is 14.4. The molecular formula is C20H25N3O. The van der Waals surface area contributed by atoms with Gasteiger partial charge in [0.05, 0.1) is 0 Å². The Bertz CT molecular complexity index is 732. The first-order valence-corrected chi connectivity index (χ1v) is 8.66. The van der Waals surface area contributed by atoms with Crippen LogP contribution < -0.4 is 0 Å². The summed E-state index contributed by atoms with van der Waals surface area (Å²) < 4.78 is 1.86. The summed E-state index contributed by atoms with van der Waals surface area (Å²) in [7, 11) is 1.93. The number of benzene rings is 1. The zero-order valence-corrected chi connectivity index (χ0v) is 14.4. The molecule has 1 aromatic carbocycles. The van der Waals surface area contributed by atoms with E-state index in [-0.39, 0.29) is 5.91 Å². The van der Waals surface area contributed by atoms with Gasteiger partial charge in [-0.15, -0.1) is 0 Å². The van der Waals surface area contributed by atoms with Crippen LogP contribution in [0.3, 0.4) is 0 Å². The van der Waals surface area contributed by atoms with E-state index in [0.717, 1.165) is 18.5 Å². The highest BCUT2D eigenvalue weighted by molar-refractivity contribution is 5.87. The normalized spacial score (nSPS) is 13.4. The van der Waals surface area contributed by atoms with Crippen LogP contribution in [0.15, 0.2) is 43.1 Å². The van der Waals surface area contributed by atoms with E-state index in [1.807, 2.05) is 22.7 Å². The first-order valence-electron chi connectivity index (χ1n) is 8.66. The third-order valence-corrected chi connectivity index (χ3v) is 4.83. The van der Waals surface area contributed by atoms with Crippen molar-refractivity contribution in [1.82, 2.24) is 14.7 Å². The van der Waals surface area contributed by atoms with Gasteiger partial charge in [-0.2, -0.15) is 5.10 Å². The molecule has 0 aliphatic heterocycles. The minimum absolute atomic E-state index is 0.0186. The second-order valence-electron chi connectivity index (χ2n) is 6.47. The first kappa shape index (κ1) is 16.5.